The Morgan fingerprint density at radius 3 is 2.62 bits per heavy atom. The number of nitrogens with one attached hydrogen (secondary N) is 1. The van der Waals surface area contributed by atoms with E-state index in [-0.39, 0.29) is 17.4 Å². The molecule has 168 valence electrons. The van der Waals surface area contributed by atoms with Gasteiger partial charge in [0, 0.05) is 18.1 Å². The van der Waals surface area contributed by atoms with Crippen LogP contribution in [0.15, 0.2) is 41.9 Å². The summed E-state index contributed by atoms with van der Waals surface area (Å²) in [6.07, 6.45) is 1.90. The van der Waals surface area contributed by atoms with E-state index in [2.05, 4.69) is 26.1 Å². The Balaban J connectivity index is 1.96. The summed E-state index contributed by atoms with van der Waals surface area (Å²) < 4.78 is 13.5. The lowest BCUT2D eigenvalue weighted by atomic mass is 9.97. The number of pyridine rings is 1. The monoisotopic (exact) mass is 451 g/mol. The van der Waals surface area contributed by atoms with E-state index >= 15 is 0 Å². The molecule has 0 fully saturated rings. The Morgan fingerprint density at radius 2 is 2.00 bits per heavy atom. The zero-order valence-electron chi connectivity index (χ0n) is 19.4. The zero-order chi connectivity index (χ0) is 23.0. The highest BCUT2D eigenvalue weighted by Crippen LogP contribution is 2.39. The summed E-state index contributed by atoms with van der Waals surface area (Å²) in [5, 5.41) is 6.99. The number of ether oxygens (including phenoxy) is 2. The number of nitrogens with zero attached hydrogens (tertiary/aromatic N) is 2. The highest BCUT2D eigenvalue weighted by Gasteiger charge is 2.23. The van der Waals surface area contributed by atoms with Crippen molar-refractivity contribution in [3.63, 3.8) is 0 Å². The van der Waals surface area contributed by atoms with Crippen LogP contribution in [0.25, 0.3) is 26.9 Å². The van der Waals surface area contributed by atoms with Crippen LogP contribution in [0.4, 0.5) is 0 Å². The Bertz CT molecular complexity index is 1270. The van der Waals surface area contributed by atoms with Crippen molar-refractivity contribution in [2.24, 2.45) is 5.41 Å². The summed E-state index contributed by atoms with van der Waals surface area (Å²) in [6, 6.07) is 9.95. The number of fused-ring (bicyclic) bond motifs is 3. The van der Waals surface area contributed by atoms with Gasteiger partial charge >= 0.3 is 0 Å². The molecule has 1 amide bonds. The molecule has 3 heterocycles. The number of carbonyl (C=O) groups is 1. The van der Waals surface area contributed by atoms with Gasteiger partial charge in [-0.3, -0.25) is 9.20 Å². The van der Waals surface area contributed by atoms with Crippen molar-refractivity contribution in [3.05, 3.63) is 47.7 Å². The molecule has 0 aliphatic heterocycles. The van der Waals surface area contributed by atoms with Crippen molar-refractivity contribution in [3.8, 4) is 22.1 Å². The quantitative estimate of drug-likeness (QED) is 0.403. The maximum atomic E-state index is 13.1. The second kappa shape index (κ2) is 8.47. The molecule has 32 heavy (non-hydrogen) atoms. The lowest BCUT2D eigenvalue weighted by Crippen LogP contribution is -2.33. The third-order valence-corrected chi connectivity index (χ3v) is 5.88. The molecule has 0 aliphatic carbocycles. The van der Waals surface area contributed by atoms with Gasteiger partial charge in [0.2, 0.25) is 5.82 Å². The van der Waals surface area contributed by atoms with Crippen molar-refractivity contribution >= 4 is 33.5 Å². The molecule has 0 radical (unpaired) electrons. The number of aromatic nitrogens is 2. The largest absolute Gasteiger partial charge is 0.493 e. The third-order valence-electron chi connectivity index (χ3n) is 5.00. The fourth-order valence-corrected chi connectivity index (χ4v) is 4.30. The molecular formula is C25H29N3O3S. The summed E-state index contributed by atoms with van der Waals surface area (Å²) >= 11 is 1.60. The maximum absolute atomic E-state index is 13.1. The Hall–Kier alpha value is -3.06. The number of hydrogen-bond acceptors (Lipinski definition) is 5. The van der Waals surface area contributed by atoms with E-state index in [1.165, 1.54) is 0 Å². The van der Waals surface area contributed by atoms with E-state index in [4.69, 9.17) is 14.5 Å². The van der Waals surface area contributed by atoms with Gasteiger partial charge in [0.1, 0.15) is 5.69 Å². The summed E-state index contributed by atoms with van der Waals surface area (Å²) in [6.45, 7) is 10.8. The van der Waals surface area contributed by atoms with Gasteiger partial charge in [-0.25, -0.2) is 4.98 Å². The second-order valence-corrected chi connectivity index (χ2v) is 10.2. The molecule has 0 spiro atoms. The van der Waals surface area contributed by atoms with Gasteiger partial charge in [0.15, 0.2) is 11.5 Å². The zero-order valence-corrected chi connectivity index (χ0v) is 20.2. The van der Waals surface area contributed by atoms with Crippen LogP contribution in [0.5, 0.6) is 11.5 Å². The van der Waals surface area contributed by atoms with Crippen molar-refractivity contribution in [1.82, 2.24) is 14.7 Å². The van der Waals surface area contributed by atoms with Gasteiger partial charge in [0.05, 0.1) is 23.6 Å². The van der Waals surface area contributed by atoms with Gasteiger partial charge in [-0.05, 0) is 54.3 Å². The lowest BCUT2D eigenvalue weighted by molar-refractivity contribution is 0.0928. The molecule has 4 rings (SSSR count). The highest BCUT2D eigenvalue weighted by atomic mass is 32.1. The molecule has 7 heteroatoms. The molecular weight excluding hydrogens is 422 g/mol. The minimum atomic E-state index is -0.191. The van der Waals surface area contributed by atoms with Crippen LogP contribution >= 0.6 is 11.3 Å². The van der Waals surface area contributed by atoms with Gasteiger partial charge in [-0.1, -0.05) is 26.8 Å². The summed E-state index contributed by atoms with van der Waals surface area (Å²) in [5.74, 6) is 1.52. The average molecular weight is 452 g/mol. The van der Waals surface area contributed by atoms with Crippen molar-refractivity contribution in [2.45, 2.75) is 40.7 Å². The Labute approximate surface area is 192 Å². The number of thiophene rings is 1. The van der Waals surface area contributed by atoms with Crippen molar-refractivity contribution in [1.29, 1.82) is 0 Å². The molecule has 0 atom stereocenters. The minimum Gasteiger partial charge on any atom is -0.493 e. The molecule has 0 bridgehead atoms. The predicted molar refractivity (Wildman–Crippen MR) is 130 cm³/mol. The van der Waals surface area contributed by atoms with E-state index < -0.39 is 0 Å². The number of amides is 1. The lowest BCUT2D eigenvalue weighted by Gasteiger charge is -2.18. The predicted octanol–water partition coefficient (Wildman–Crippen LogP) is 5.79. The first-order valence-electron chi connectivity index (χ1n) is 10.7. The van der Waals surface area contributed by atoms with Gasteiger partial charge in [0.25, 0.3) is 5.91 Å². The number of rotatable bonds is 6. The molecule has 0 saturated heterocycles. The Morgan fingerprint density at radius 1 is 1.22 bits per heavy atom. The fraction of sp³-hybridized carbons (Fsp3) is 0.360. The molecule has 0 saturated carbocycles. The van der Waals surface area contributed by atoms with E-state index in [0.717, 1.165) is 26.9 Å². The SMILES string of the molecule is COc1cc2ccn3c(C(=O)NCC(C)(C)C)nc(-c4cccs4)c3c2cc1OC(C)C. The fourth-order valence-electron chi connectivity index (χ4n) is 3.58. The van der Waals surface area contributed by atoms with Gasteiger partial charge in [-0.15, -0.1) is 11.3 Å². The number of imidazole rings is 1. The van der Waals surface area contributed by atoms with Crippen LogP contribution in [0.2, 0.25) is 0 Å². The second-order valence-electron chi connectivity index (χ2n) is 9.30. The average Bonchev–Trinajstić information content (AvgIpc) is 3.38. The number of benzene rings is 1. The van der Waals surface area contributed by atoms with E-state index in [0.29, 0.717) is 23.9 Å². The minimum absolute atomic E-state index is 0.00139. The number of hydrogen-bond donors (Lipinski definition) is 1. The van der Waals surface area contributed by atoms with Crippen LogP contribution in [0.1, 0.15) is 45.2 Å². The molecule has 1 aromatic carbocycles. The normalized spacial score (nSPS) is 12.0. The molecule has 6 nitrogen and oxygen atoms in total. The first-order chi connectivity index (χ1) is 15.2. The number of carbonyl (C=O) groups excluding carboxylic acids is 1. The van der Waals surface area contributed by atoms with Crippen molar-refractivity contribution in [2.75, 3.05) is 13.7 Å². The summed E-state index contributed by atoms with van der Waals surface area (Å²) in [5.41, 5.74) is 1.64. The standard InChI is InChI=1S/C25H29N3O3S/c1-15(2)31-19-13-17-16(12-18(19)30-6)9-10-28-22(17)21(20-8-7-11-32-20)27-23(28)24(29)26-14-25(3,4)5/h7-13,15H,14H2,1-6H3,(H,26,29). The molecule has 4 aromatic rings. The van der Waals surface area contributed by atoms with Crippen LogP contribution < -0.4 is 14.8 Å². The third kappa shape index (κ3) is 4.30. The van der Waals surface area contributed by atoms with E-state index in [9.17, 15) is 4.79 Å². The molecule has 0 unspecified atom stereocenters. The summed E-state index contributed by atoms with van der Waals surface area (Å²) in [7, 11) is 1.64. The van der Waals surface area contributed by atoms with Crippen LogP contribution in [0, 0.1) is 5.41 Å². The first kappa shape index (κ1) is 22.1. The first-order valence-corrected chi connectivity index (χ1v) is 11.6. The molecule has 1 N–H and O–H groups in total. The van der Waals surface area contributed by atoms with E-state index in [1.807, 2.05) is 60.2 Å². The molecule has 3 aromatic heterocycles. The van der Waals surface area contributed by atoms with E-state index in [1.54, 1.807) is 18.4 Å². The summed E-state index contributed by atoms with van der Waals surface area (Å²) in [4.78, 5) is 18.9. The Kier molecular flexibility index (Phi) is 5.86. The molecule has 0 aliphatic rings. The van der Waals surface area contributed by atoms with Crippen LogP contribution in [-0.2, 0) is 0 Å². The van der Waals surface area contributed by atoms with Crippen LogP contribution in [0.3, 0.4) is 0 Å². The topological polar surface area (TPSA) is 64.9 Å². The maximum Gasteiger partial charge on any atom is 0.287 e. The van der Waals surface area contributed by atoms with Gasteiger partial charge in [-0.2, -0.15) is 0 Å². The van der Waals surface area contributed by atoms with Crippen molar-refractivity contribution < 1.29 is 14.3 Å². The van der Waals surface area contributed by atoms with Crippen LogP contribution in [-0.4, -0.2) is 35.1 Å². The number of methoxy groups -OCH3 is 1. The highest BCUT2D eigenvalue weighted by molar-refractivity contribution is 7.13. The smallest absolute Gasteiger partial charge is 0.287 e. The van der Waals surface area contributed by atoms with Gasteiger partial charge < -0.3 is 14.8 Å².